The van der Waals surface area contributed by atoms with E-state index < -0.39 is 11.5 Å². The monoisotopic (exact) mass is 284 g/mol. The molecule has 1 aliphatic heterocycles. The van der Waals surface area contributed by atoms with Gasteiger partial charge in [-0.3, -0.25) is 0 Å². The number of carboxylic acids is 1. The molecule has 20 heavy (non-hydrogen) atoms. The lowest BCUT2D eigenvalue weighted by molar-refractivity contribution is -0.144. The summed E-state index contributed by atoms with van der Waals surface area (Å²) in [7, 11) is 0. The summed E-state index contributed by atoms with van der Waals surface area (Å²) in [5.74, 6) is -0.919. The van der Waals surface area contributed by atoms with Gasteiger partial charge in [0.05, 0.1) is 18.8 Å². The number of nitrogens with one attached hydrogen (secondary N) is 1. The lowest BCUT2D eigenvalue weighted by Gasteiger charge is -2.40. The Hall–Kier alpha value is -1.30. The van der Waals surface area contributed by atoms with Crippen molar-refractivity contribution in [1.29, 1.82) is 0 Å². The number of rotatable bonds is 3. The zero-order valence-electron chi connectivity index (χ0n) is 12.2. The molecule has 0 bridgehead atoms. The number of carboxylic acid groups (broad SMARTS) is 1. The van der Waals surface area contributed by atoms with Gasteiger partial charge in [0, 0.05) is 6.54 Å². The van der Waals surface area contributed by atoms with E-state index in [1.807, 2.05) is 13.8 Å². The average Bonchev–Trinajstić information content (AvgIpc) is 2.88. The van der Waals surface area contributed by atoms with Gasteiger partial charge in [-0.1, -0.05) is 19.8 Å². The highest BCUT2D eigenvalue weighted by Gasteiger charge is 2.44. The number of hydrogen-bond acceptors (Lipinski definition) is 3. The van der Waals surface area contributed by atoms with E-state index in [4.69, 9.17) is 4.74 Å². The molecule has 0 aromatic rings. The lowest BCUT2D eigenvalue weighted by Crippen LogP contribution is -2.61. The van der Waals surface area contributed by atoms with Gasteiger partial charge in [0.25, 0.3) is 0 Å². The predicted octanol–water partition coefficient (Wildman–Crippen LogP) is 1.59. The summed E-state index contributed by atoms with van der Waals surface area (Å²) in [5.41, 5.74) is -1.07. The molecule has 114 valence electrons. The number of nitrogens with zero attached hydrogens (tertiary/aromatic N) is 1. The number of morpholine rings is 1. The Bertz CT molecular complexity index is 379. The van der Waals surface area contributed by atoms with Crippen LogP contribution in [0.25, 0.3) is 0 Å². The van der Waals surface area contributed by atoms with Crippen molar-refractivity contribution < 1.29 is 19.4 Å². The van der Waals surface area contributed by atoms with Crippen LogP contribution in [0, 0.1) is 0 Å². The van der Waals surface area contributed by atoms with Crippen LogP contribution >= 0.6 is 0 Å². The molecule has 1 aliphatic carbocycles. The van der Waals surface area contributed by atoms with Crippen LogP contribution in [-0.2, 0) is 9.53 Å². The maximum Gasteiger partial charge on any atom is 0.329 e. The summed E-state index contributed by atoms with van der Waals surface area (Å²) in [6.07, 6.45) is 3.54. The van der Waals surface area contributed by atoms with Gasteiger partial charge in [-0.15, -0.1) is 0 Å². The fraction of sp³-hybridized carbons (Fsp3) is 0.857. The minimum absolute atomic E-state index is 0.00657. The highest BCUT2D eigenvalue weighted by atomic mass is 16.5. The highest BCUT2D eigenvalue weighted by Crippen LogP contribution is 2.30. The smallest absolute Gasteiger partial charge is 0.329 e. The SMILES string of the molecule is CCC1COC(C)CN1C(=O)NC1(C(=O)O)CCCC1. The summed E-state index contributed by atoms with van der Waals surface area (Å²) >= 11 is 0. The van der Waals surface area contributed by atoms with E-state index in [0.717, 1.165) is 19.3 Å². The topological polar surface area (TPSA) is 78.9 Å². The Labute approximate surface area is 119 Å². The molecule has 2 fully saturated rings. The summed E-state index contributed by atoms with van der Waals surface area (Å²) in [5, 5.41) is 12.2. The van der Waals surface area contributed by atoms with Crippen LogP contribution < -0.4 is 5.32 Å². The van der Waals surface area contributed by atoms with E-state index in [1.165, 1.54) is 0 Å². The Kier molecular flexibility index (Phi) is 4.52. The molecule has 0 aromatic carbocycles. The molecular weight excluding hydrogens is 260 g/mol. The Morgan fingerprint density at radius 2 is 2.05 bits per heavy atom. The van der Waals surface area contributed by atoms with Crippen LogP contribution in [0.4, 0.5) is 4.79 Å². The molecular formula is C14H24N2O4. The molecule has 1 saturated heterocycles. The van der Waals surface area contributed by atoms with Crippen molar-refractivity contribution in [1.82, 2.24) is 10.2 Å². The Morgan fingerprint density at radius 1 is 1.40 bits per heavy atom. The van der Waals surface area contributed by atoms with Crippen LogP contribution in [0.1, 0.15) is 46.0 Å². The third-order valence-electron chi connectivity index (χ3n) is 4.41. The molecule has 0 spiro atoms. The largest absolute Gasteiger partial charge is 0.480 e. The Balaban J connectivity index is 2.07. The zero-order valence-corrected chi connectivity index (χ0v) is 12.2. The number of ether oxygens (including phenoxy) is 1. The maximum atomic E-state index is 12.5. The molecule has 6 nitrogen and oxygen atoms in total. The summed E-state index contributed by atoms with van der Waals surface area (Å²) < 4.78 is 5.57. The van der Waals surface area contributed by atoms with E-state index in [0.29, 0.717) is 26.0 Å². The normalized spacial score (nSPS) is 29.2. The standard InChI is InChI=1S/C14H24N2O4/c1-3-11-9-20-10(2)8-16(11)13(19)15-14(12(17)18)6-4-5-7-14/h10-11H,3-9H2,1-2H3,(H,15,19)(H,17,18). The Morgan fingerprint density at radius 3 is 2.60 bits per heavy atom. The zero-order chi connectivity index (χ0) is 14.8. The van der Waals surface area contributed by atoms with Gasteiger partial charge in [-0.2, -0.15) is 0 Å². The highest BCUT2D eigenvalue weighted by molar-refractivity contribution is 5.86. The van der Waals surface area contributed by atoms with E-state index in [1.54, 1.807) is 4.90 Å². The van der Waals surface area contributed by atoms with Crippen molar-refractivity contribution in [2.75, 3.05) is 13.2 Å². The number of carbonyl (C=O) groups excluding carboxylic acids is 1. The second-order valence-corrected chi connectivity index (χ2v) is 5.88. The maximum absolute atomic E-state index is 12.5. The molecule has 1 heterocycles. The molecule has 2 atom stereocenters. The van der Waals surface area contributed by atoms with Gasteiger partial charge in [-0.05, 0) is 26.2 Å². The molecule has 2 rings (SSSR count). The molecule has 2 N–H and O–H groups in total. The first-order valence-electron chi connectivity index (χ1n) is 7.42. The van der Waals surface area contributed by atoms with Gasteiger partial charge in [0.1, 0.15) is 5.54 Å². The van der Waals surface area contributed by atoms with Crippen molar-refractivity contribution in [3.8, 4) is 0 Å². The summed E-state index contributed by atoms with van der Waals surface area (Å²) in [6.45, 7) is 4.96. The van der Waals surface area contributed by atoms with Gasteiger partial charge in [0.15, 0.2) is 0 Å². The minimum atomic E-state index is -1.07. The van der Waals surface area contributed by atoms with Crippen molar-refractivity contribution >= 4 is 12.0 Å². The molecule has 0 radical (unpaired) electrons. The van der Waals surface area contributed by atoms with Crippen LogP contribution in [0.15, 0.2) is 0 Å². The summed E-state index contributed by atoms with van der Waals surface area (Å²) in [4.78, 5) is 25.7. The van der Waals surface area contributed by atoms with E-state index >= 15 is 0 Å². The van der Waals surface area contributed by atoms with Gasteiger partial charge in [0.2, 0.25) is 0 Å². The number of carbonyl (C=O) groups is 2. The quantitative estimate of drug-likeness (QED) is 0.825. The van der Waals surface area contributed by atoms with E-state index in [-0.39, 0.29) is 18.2 Å². The molecule has 1 saturated carbocycles. The molecule has 2 unspecified atom stereocenters. The van der Waals surface area contributed by atoms with Crippen LogP contribution in [0.5, 0.6) is 0 Å². The predicted molar refractivity (Wildman–Crippen MR) is 73.6 cm³/mol. The van der Waals surface area contributed by atoms with Crippen molar-refractivity contribution in [2.24, 2.45) is 0 Å². The van der Waals surface area contributed by atoms with Crippen molar-refractivity contribution in [2.45, 2.75) is 63.6 Å². The average molecular weight is 284 g/mol. The third kappa shape index (κ3) is 2.90. The number of urea groups is 1. The number of hydrogen-bond donors (Lipinski definition) is 2. The van der Waals surface area contributed by atoms with Crippen LogP contribution in [0.2, 0.25) is 0 Å². The molecule has 6 heteroatoms. The summed E-state index contributed by atoms with van der Waals surface area (Å²) in [6, 6.07) is -0.241. The van der Waals surface area contributed by atoms with Gasteiger partial charge in [-0.25, -0.2) is 9.59 Å². The number of aliphatic carboxylic acids is 1. The first-order valence-corrected chi connectivity index (χ1v) is 7.42. The molecule has 2 aliphatic rings. The van der Waals surface area contributed by atoms with Crippen molar-refractivity contribution in [3.63, 3.8) is 0 Å². The van der Waals surface area contributed by atoms with E-state index in [2.05, 4.69) is 5.32 Å². The van der Waals surface area contributed by atoms with E-state index in [9.17, 15) is 14.7 Å². The fourth-order valence-electron chi connectivity index (χ4n) is 3.08. The third-order valence-corrected chi connectivity index (χ3v) is 4.41. The number of amides is 2. The van der Waals surface area contributed by atoms with Crippen LogP contribution in [-0.4, -0.2) is 52.8 Å². The van der Waals surface area contributed by atoms with Crippen molar-refractivity contribution in [3.05, 3.63) is 0 Å². The van der Waals surface area contributed by atoms with Gasteiger partial charge >= 0.3 is 12.0 Å². The molecule has 2 amide bonds. The second-order valence-electron chi connectivity index (χ2n) is 5.88. The lowest BCUT2D eigenvalue weighted by atomic mass is 9.98. The first-order chi connectivity index (χ1) is 9.48. The minimum Gasteiger partial charge on any atom is -0.480 e. The first kappa shape index (κ1) is 15.1. The van der Waals surface area contributed by atoms with Gasteiger partial charge < -0.3 is 20.1 Å². The van der Waals surface area contributed by atoms with Crippen LogP contribution in [0.3, 0.4) is 0 Å². The fourth-order valence-corrected chi connectivity index (χ4v) is 3.08. The second kappa shape index (κ2) is 5.99. The molecule has 0 aromatic heterocycles.